The SMILES string of the molecule is CSc1ccc2c(c1)C=C(CO)C(C)(NCl)N2O. The minimum absolute atomic E-state index is 0.184. The maximum Gasteiger partial charge on any atom is 0.151 e. The minimum atomic E-state index is -1.01. The Morgan fingerprint density at radius 2 is 2.22 bits per heavy atom. The molecule has 1 atom stereocenters. The van der Waals surface area contributed by atoms with Crippen molar-refractivity contribution in [3.8, 4) is 0 Å². The van der Waals surface area contributed by atoms with Crippen molar-refractivity contribution in [2.45, 2.75) is 17.5 Å². The molecule has 1 aliphatic rings. The predicted octanol–water partition coefficient (Wildman–Crippen LogP) is 2.45. The summed E-state index contributed by atoms with van der Waals surface area (Å²) in [5, 5.41) is 20.7. The predicted molar refractivity (Wildman–Crippen MR) is 74.9 cm³/mol. The Morgan fingerprint density at radius 3 is 2.78 bits per heavy atom. The van der Waals surface area contributed by atoms with Gasteiger partial charge in [0, 0.05) is 10.5 Å². The Labute approximate surface area is 115 Å². The molecule has 2 rings (SSSR count). The summed E-state index contributed by atoms with van der Waals surface area (Å²) in [7, 11) is 0. The lowest BCUT2D eigenvalue weighted by Crippen LogP contribution is -2.56. The monoisotopic (exact) mass is 286 g/mol. The lowest BCUT2D eigenvalue weighted by molar-refractivity contribution is 0.159. The quantitative estimate of drug-likeness (QED) is 0.589. The van der Waals surface area contributed by atoms with E-state index in [1.807, 2.05) is 30.5 Å². The van der Waals surface area contributed by atoms with Crippen LogP contribution in [0.3, 0.4) is 0 Å². The zero-order valence-corrected chi connectivity index (χ0v) is 11.7. The highest BCUT2D eigenvalue weighted by atomic mass is 35.5. The van der Waals surface area contributed by atoms with Gasteiger partial charge in [-0.1, -0.05) is 0 Å². The zero-order chi connectivity index (χ0) is 13.3. The Kier molecular flexibility index (Phi) is 3.89. The number of hydrogen-bond donors (Lipinski definition) is 3. The first-order valence-corrected chi connectivity index (χ1v) is 7.04. The summed E-state index contributed by atoms with van der Waals surface area (Å²) in [5.41, 5.74) is 1.11. The fourth-order valence-electron chi connectivity index (χ4n) is 1.97. The number of halogens is 1. The molecule has 0 radical (unpaired) electrons. The van der Waals surface area contributed by atoms with Crippen LogP contribution >= 0.6 is 23.5 Å². The molecule has 4 nitrogen and oxygen atoms in total. The zero-order valence-electron chi connectivity index (χ0n) is 10.1. The van der Waals surface area contributed by atoms with E-state index in [1.54, 1.807) is 18.7 Å². The first-order chi connectivity index (χ1) is 8.56. The summed E-state index contributed by atoms with van der Waals surface area (Å²) in [6.45, 7) is 1.52. The van der Waals surface area contributed by atoms with Crippen LogP contribution in [0.2, 0.25) is 0 Å². The van der Waals surface area contributed by atoms with Gasteiger partial charge in [0.25, 0.3) is 0 Å². The number of aliphatic hydroxyl groups is 1. The second kappa shape index (κ2) is 5.11. The van der Waals surface area contributed by atoms with Gasteiger partial charge >= 0.3 is 0 Å². The first-order valence-electron chi connectivity index (χ1n) is 5.43. The number of aliphatic hydroxyl groups excluding tert-OH is 1. The molecule has 0 spiro atoms. The second-order valence-electron chi connectivity index (χ2n) is 4.23. The van der Waals surface area contributed by atoms with Crippen LogP contribution in [0.1, 0.15) is 12.5 Å². The molecule has 6 heteroatoms. The van der Waals surface area contributed by atoms with Crippen molar-refractivity contribution in [2.75, 3.05) is 17.9 Å². The van der Waals surface area contributed by atoms with Crippen molar-refractivity contribution >= 4 is 35.3 Å². The van der Waals surface area contributed by atoms with E-state index in [0.29, 0.717) is 11.3 Å². The number of hydroxylamine groups is 1. The Hall–Kier alpha value is -0.720. The van der Waals surface area contributed by atoms with Crippen molar-refractivity contribution in [1.82, 2.24) is 4.84 Å². The molecule has 3 N–H and O–H groups in total. The molecule has 1 aromatic rings. The largest absolute Gasteiger partial charge is 0.392 e. The summed E-state index contributed by atoms with van der Waals surface area (Å²) in [4.78, 5) is 3.61. The number of nitrogens with zero attached hydrogens (tertiary/aromatic N) is 1. The number of thioether (sulfide) groups is 1. The normalized spacial score (nSPS) is 22.7. The van der Waals surface area contributed by atoms with Crippen LogP contribution < -0.4 is 9.90 Å². The van der Waals surface area contributed by atoms with Crippen LogP contribution in [0.25, 0.3) is 6.08 Å². The minimum Gasteiger partial charge on any atom is -0.392 e. The van der Waals surface area contributed by atoms with E-state index in [9.17, 15) is 10.3 Å². The molecule has 1 unspecified atom stereocenters. The van der Waals surface area contributed by atoms with Crippen molar-refractivity contribution in [2.24, 2.45) is 0 Å². The third-order valence-corrected chi connectivity index (χ3v) is 4.29. The Morgan fingerprint density at radius 1 is 1.50 bits per heavy atom. The van der Waals surface area contributed by atoms with Crippen molar-refractivity contribution in [1.29, 1.82) is 0 Å². The topological polar surface area (TPSA) is 55.7 Å². The first kappa shape index (κ1) is 13.7. The third-order valence-electron chi connectivity index (χ3n) is 3.20. The molecule has 98 valence electrons. The van der Waals surface area contributed by atoms with E-state index in [-0.39, 0.29) is 6.61 Å². The van der Waals surface area contributed by atoms with E-state index < -0.39 is 5.66 Å². The van der Waals surface area contributed by atoms with Gasteiger partial charge < -0.3 is 5.11 Å². The highest BCUT2D eigenvalue weighted by Crippen LogP contribution is 2.38. The van der Waals surface area contributed by atoms with Crippen molar-refractivity contribution in [3.05, 3.63) is 29.3 Å². The van der Waals surface area contributed by atoms with Crippen LogP contribution in [-0.4, -0.2) is 28.8 Å². The molecule has 0 saturated heterocycles. The van der Waals surface area contributed by atoms with Crippen molar-refractivity contribution < 1.29 is 10.3 Å². The van der Waals surface area contributed by atoms with Gasteiger partial charge in [-0.15, -0.1) is 11.8 Å². The van der Waals surface area contributed by atoms with E-state index in [2.05, 4.69) is 4.84 Å². The molecule has 1 heterocycles. The fourth-order valence-corrected chi connectivity index (χ4v) is 2.62. The summed E-state index contributed by atoms with van der Waals surface area (Å²) in [6, 6.07) is 5.73. The van der Waals surface area contributed by atoms with Crippen LogP contribution in [0.15, 0.2) is 28.7 Å². The Bertz CT molecular complexity index is 495. The molecular weight excluding hydrogens is 272 g/mol. The molecule has 0 fully saturated rings. The van der Waals surface area contributed by atoms with Crippen molar-refractivity contribution in [3.63, 3.8) is 0 Å². The van der Waals surface area contributed by atoms with Gasteiger partial charge in [0.05, 0.1) is 12.3 Å². The summed E-state index contributed by atoms with van der Waals surface area (Å²) >= 11 is 7.33. The van der Waals surface area contributed by atoms with E-state index >= 15 is 0 Å². The average Bonchev–Trinajstić information content (AvgIpc) is 2.42. The molecule has 1 aromatic carbocycles. The maximum absolute atomic E-state index is 10.3. The average molecular weight is 287 g/mol. The lowest BCUT2D eigenvalue weighted by Gasteiger charge is -2.41. The second-order valence-corrected chi connectivity index (χ2v) is 5.30. The molecule has 0 saturated carbocycles. The van der Waals surface area contributed by atoms with Crippen LogP contribution in [0.4, 0.5) is 5.69 Å². The van der Waals surface area contributed by atoms with Gasteiger partial charge in [-0.05, 0) is 54.8 Å². The highest BCUT2D eigenvalue weighted by Gasteiger charge is 2.38. The summed E-state index contributed by atoms with van der Waals surface area (Å²) < 4.78 is 0. The van der Waals surface area contributed by atoms with Crippen LogP contribution in [0, 0.1) is 0 Å². The molecule has 0 bridgehead atoms. The number of anilines is 1. The Balaban J connectivity index is 2.57. The number of fused-ring (bicyclic) bond motifs is 1. The summed E-state index contributed by atoms with van der Waals surface area (Å²) in [6.07, 6.45) is 3.83. The van der Waals surface area contributed by atoms with Crippen LogP contribution in [-0.2, 0) is 0 Å². The van der Waals surface area contributed by atoms with Crippen LogP contribution in [0.5, 0.6) is 0 Å². The fraction of sp³-hybridized carbons (Fsp3) is 0.333. The highest BCUT2D eigenvalue weighted by molar-refractivity contribution is 7.98. The standard InChI is InChI=1S/C12H15ClN2O2S/c1-12(14-13)9(7-16)5-8-6-10(18-2)3-4-11(8)15(12)17/h3-6,14,16-17H,7H2,1-2H3. The van der Waals surface area contributed by atoms with E-state index in [0.717, 1.165) is 15.5 Å². The molecule has 0 amide bonds. The summed E-state index contributed by atoms with van der Waals surface area (Å²) in [5.74, 6) is 0. The van der Waals surface area contributed by atoms with Gasteiger partial charge in [0.1, 0.15) is 0 Å². The van der Waals surface area contributed by atoms with Gasteiger partial charge in [0.15, 0.2) is 5.66 Å². The number of hydrogen-bond acceptors (Lipinski definition) is 5. The molecular formula is C12H15ClN2O2S. The lowest BCUT2D eigenvalue weighted by atomic mass is 9.94. The molecule has 1 aliphatic heterocycles. The van der Waals surface area contributed by atoms with Gasteiger partial charge in [-0.2, -0.15) is 0 Å². The smallest absolute Gasteiger partial charge is 0.151 e. The van der Waals surface area contributed by atoms with E-state index in [1.165, 1.54) is 0 Å². The number of rotatable bonds is 3. The molecule has 0 aromatic heterocycles. The van der Waals surface area contributed by atoms with Gasteiger partial charge in [0.2, 0.25) is 0 Å². The van der Waals surface area contributed by atoms with Gasteiger partial charge in [-0.25, -0.2) is 9.90 Å². The molecule has 18 heavy (non-hydrogen) atoms. The van der Waals surface area contributed by atoms with E-state index in [4.69, 9.17) is 11.8 Å². The third kappa shape index (κ3) is 2.02. The van der Waals surface area contributed by atoms with Gasteiger partial charge in [-0.3, -0.25) is 5.21 Å². The maximum atomic E-state index is 10.3. The number of benzene rings is 1. The molecule has 0 aliphatic carbocycles. The number of nitrogens with one attached hydrogen (secondary N) is 1.